The smallest absolute Gasteiger partial charge is 0.188 e. The first-order valence-electron chi connectivity index (χ1n) is 6.16. The molecule has 0 aliphatic rings. The summed E-state index contributed by atoms with van der Waals surface area (Å²) in [6, 6.07) is 12.5. The van der Waals surface area contributed by atoms with Crippen LogP contribution in [0.15, 0.2) is 42.5 Å². The maximum Gasteiger partial charge on any atom is 0.188 e. The van der Waals surface area contributed by atoms with Crippen molar-refractivity contribution in [2.45, 2.75) is 6.61 Å². The third kappa shape index (κ3) is 2.64. The molecular weight excluding hydrogens is 275 g/mol. The number of hydrogen-bond donors (Lipinski definition) is 1. The summed E-state index contributed by atoms with van der Waals surface area (Å²) in [5.41, 5.74) is 2.68. The minimum absolute atomic E-state index is 0.269. The van der Waals surface area contributed by atoms with Crippen LogP contribution in [0.1, 0.15) is 5.56 Å². The Morgan fingerprint density at radius 3 is 2.95 bits per heavy atom. The third-order valence-electron chi connectivity index (χ3n) is 2.91. The molecule has 3 rings (SSSR count). The van der Waals surface area contributed by atoms with Crippen molar-refractivity contribution in [1.82, 2.24) is 4.98 Å². The first kappa shape index (κ1) is 13.0. The van der Waals surface area contributed by atoms with Crippen LogP contribution >= 0.6 is 11.3 Å². The topological polar surface area (TPSA) is 34.1 Å². The van der Waals surface area contributed by atoms with Gasteiger partial charge in [-0.3, -0.25) is 0 Å². The Kier molecular flexibility index (Phi) is 3.62. The lowest BCUT2D eigenvalue weighted by molar-refractivity contribution is 0.185. The van der Waals surface area contributed by atoms with E-state index in [1.807, 2.05) is 24.3 Å². The standard InChI is InChI=1S/C15H13FN2OS/c1-19-9-10-4-2-3-5-12(10)17-15-18-13-8-11(16)6-7-14(13)20-15/h2-8H,9H2,1H3,(H,17,18). The van der Waals surface area contributed by atoms with E-state index in [0.717, 1.165) is 21.1 Å². The fraction of sp³-hybridized carbons (Fsp3) is 0.133. The predicted molar refractivity (Wildman–Crippen MR) is 80.0 cm³/mol. The SMILES string of the molecule is COCc1ccccc1Nc1nc2cc(F)ccc2s1. The summed E-state index contributed by atoms with van der Waals surface area (Å²) in [5.74, 6) is -0.269. The van der Waals surface area contributed by atoms with Gasteiger partial charge < -0.3 is 10.1 Å². The Hall–Kier alpha value is -1.98. The molecule has 0 unspecified atom stereocenters. The molecule has 0 radical (unpaired) electrons. The molecule has 1 N–H and O–H groups in total. The van der Waals surface area contributed by atoms with E-state index in [1.165, 1.54) is 23.5 Å². The van der Waals surface area contributed by atoms with E-state index >= 15 is 0 Å². The van der Waals surface area contributed by atoms with Crippen LogP contribution in [0.3, 0.4) is 0 Å². The zero-order chi connectivity index (χ0) is 13.9. The third-order valence-corrected chi connectivity index (χ3v) is 3.86. The summed E-state index contributed by atoms with van der Waals surface area (Å²) in [6.07, 6.45) is 0. The van der Waals surface area contributed by atoms with E-state index in [1.54, 1.807) is 13.2 Å². The molecule has 5 heteroatoms. The first-order valence-corrected chi connectivity index (χ1v) is 6.98. The highest BCUT2D eigenvalue weighted by atomic mass is 32.1. The van der Waals surface area contributed by atoms with Crippen LogP contribution in [0, 0.1) is 5.82 Å². The number of ether oxygens (including phenoxy) is 1. The maximum atomic E-state index is 13.2. The number of anilines is 2. The number of thiazole rings is 1. The minimum Gasteiger partial charge on any atom is -0.380 e. The number of fused-ring (bicyclic) bond motifs is 1. The Balaban J connectivity index is 1.93. The number of methoxy groups -OCH3 is 1. The highest BCUT2D eigenvalue weighted by Crippen LogP contribution is 2.29. The summed E-state index contributed by atoms with van der Waals surface area (Å²) in [5, 5.41) is 4.02. The van der Waals surface area contributed by atoms with Gasteiger partial charge in [0, 0.05) is 24.4 Å². The van der Waals surface area contributed by atoms with Gasteiger partial charge in [-0.05, 0) is 18.2 Å². The monoisotopic (exact) mass is 288 g/mol. The number of para-hydroxylation sites is 1. The van der Waals surface area contributed by atoms with Gasteiger partial charge in [-0.1, -0.05) is 29.5 Å². The van der Waals surface area contributed by atoms with E-state index in [0.29, 0.717) is 12.1 Å². The first-order chi connectivity index (χ1) is 9.76. The number of halogens is 1. The van der Waals surface area contributed by atoms with Crippen molar-refractivity contribution in [3.8, 4) is 0 Å². The van der Waals surface area contributed by atoms with Gasteiger partial charge >= 0.3 is 0 Å². The largest absolute Gasteiger partial charge is 0.380 e. The number of nitrogens with one attached hydrogen (secondary N) is 1. The maximum absolute atomic E-state index is 13.2. The molecule has 0 fully saturated rings. The van der Waals surface area contributed by atoms with Gasteiger partial charge in [0.15, 0.2) is 5.13 Å². The molecule has 0 atom stereocenters. The Labute approximate surface area is 120 Å². The highest BCUT2D eigenvalue weighted by molar-refractivity contribution is 7.22. The van der Waals surface area contributed by atoms with Crippen molar-refractivity contribution in [2.75, 3.05) is 12.4 Å². The zero-order valence-electron chi connectivity index (χ0n) is 10.9. The van der Waals surface area contributed by atoms with E-state index in [2.05, 4.69) is 10.3 Å². The predicted octanol–water partition coefficient (Wildman–Crippen LogP) is 4.33. The summed E-state index contributed by atoms with van der Waals surface area (Å²) >= 11 is 1.50. The van der Waals surface area contributed by atoms with E-state index in [4.69, 9.17) is 4.74 Å². The quantitative estimate of drug-likeness (QED) is 0.776. The Bertz CT molecular complexity index is 742. The van der Waals surface area contributed by atoms with Crippen molar-refractivity contribution in [3.05, 3.63) is 53.8 Å². The molecule has 0 spiro atoms. The van der Waals surface area contributed by atoms with Crippen molar-refractivity contribution in [2.24, 2.45) is 0 Å². The molecule has 0 saturated heterocycles. The molecule has 0 bridgehead atoms. The number of benzene rings is 2. The lowest BCUT2D eigenvalue weighted by Crippen LogP contribution is -1.96. The molecule has 1 heterocycles. The lowest BCUT2D eigenvalue weighted by atomic mass is 10.2. The average molecular weight is 288 g/mol. The van der Waals surface area contributed by atoms with Gasteiger partial charge in [0.2, 0.25) is 0 Å². The van der Waals surface area contributed by atoms with Crippen molar-refractivity contribution < 1.29 is 9.13 Å². The molecule has 0 saturated carbocycles. The fourth-order valence-electron chi connectivity index (χ4n) is 1.99. The van der Waals surface area contributed by atoms with E-state index in [9.17, 15) is 4.39 Å². The second-order valence-electron chi connectivity index (χ2n) is 4.35. The molecule has 0 aliphatic heterocycles. The Morgan fingerprint density at radius 1 is 1.25 bits per heavy atom. The summed E-state index contributed by atoms with van der Waals surface area (Å²) < 4.78 is 19.3. The molecule has 1 aromatic heterocycles. The molecule has 3 nitrogen and oxygen atoms in total. The van der Waals surface area contributed by atoms with Crippen LogP contribution in [0.5, 0.6) is 0 Å². The van der Waals surface area contributed by atoms with Crippen LogP contribution in [0.4, 0.5) is 15.2 Å². The molecule has 0 amide bonds. The number of hydrogen-bond acceptors (Lipinski definition) is 4. The van der Waals surface area contributed by atoms with Gasteiger partial charge in [-0.25, -0.2) is 9.37 Å². The zero-order valence-corrected chi connectivity index (χ0v) is 11.7. The highest BCUT2D eigenvalue weighted by Gasteiger charge is 2.07. The average Bonchev–Trinajstić information content (AvgIpc) is 2.82. The minimum atomic E-state index is -0.269. The molecule has 3 aromatic rings. The number of nitrogens with zero attached hydrogens (tertiary/aromatic N) is 1. The molecule has 2 aromatic carbocycles. The lowest BCUT2D eigenvalue weighted by Gasteiger charge is -2.08. The normalized spacial score (nSPS) is 10.9. The van der Waals surface area contributed by atoms with Crippen LogP contribution in [-0.4, -0.2) is 12.1 Å². The second kappa shape index (κ2) is 5.56. The number of rotatable bonds is 4. The molecule has 20 heavy (non-hydrogen) atoms. The van der Waals surface area contributed by atoms with Gasteiger partial charge in [0.05, 0.1) is 16.8 Å². The van der Waals surface area contributed by atoms with Crippen LogP contribution in [0.25, 0.3) is 10.2 Å². The van der Waals surface area contributed by atoms with E-state index < -0.39 is 0 Å². The molecule has 102 valence electrons. The van der Waals surface area contributed by atoms with Crippen LogP contribution in [0.2, 0.25) is 0 Å². The summed E-state index contributed by atoms with van der Waals surface area (Å²) in [7, 11) is 1.66. The van der Waals surface area contributed by atoms with Gasteiger partial charge in [-0.15, -0.1) is 0 Å². The van der Waals surface area contributed by atoms with Crippen molar-refractivity contribution in [1.29, 1.82) is 0 Å². The molecular formula is C15H13FN2OS. The molecule has 0 aliphatic carbocycles. The van der Waals surface area contributed by atoms with Crippen molar-refractivity contribution in [3.63, 3.8) is 0 Å². The van der Waals surface area contributed by atoms with Crippen LogP contribution in [-0.2, 0) is 11.3 Å². The summed E-state index contributed by atoms with van der Waals surface area (Å²) in [4.78, 5) is 4.40. The second-order valence-corrected chi connectivity index (χ2v) is 5.38. The van der Waals surface area contributed by atoms with Crippen LogP contribution < -0.4 is 5.32 Å². The number of aromatic nitrogens is 1. The fourth-order valence-corrected chi connectivity index (χ4v) is 2.85. The Morgan fingerprint density at radius 2 is 2.10 bits per heavy atom. The van der Waals surface area contributed by atoms with Gasteiger partial charge in [0.1, 0.15) is 5.82 Å². The summed E-state index contributed by atoms with van der Waals surface area (Å²) in [6.45, 7) is 0.530. The van der Waals surface area contributed by atoms with Gasteiger partial charge in [-0.2, -0.15) is 0 Å². The van der Waals surface area contributed by atoms with Crippen molar-refractivity contribution >= 4 is 32.4 Å². The van der Waals surface area contributed by atoms with Gasteiger partial charge in [0.25, 0.3) is 0 Å². The van der Waals surface area contributed by atoms with E-state index in [-0.39, 0.29) is 5.82 Å².